The molecule has 0 aromatic heterocycles. The van der Waals surface area contributed by atoms with Crippen molar-refractivity contribution in [2.45, 2.75) is 26.7 Å². The molecule has 0 aliphatic heterocycles. The molecule has 0 bridgehead atoms. The standard InChI is InChI=1S/C10H15NO2S/c1-9(2)5-10(6-9,7-11)8(12)4-14(3)13/h4-6H2,1-3H3. The molecule has 0 N–H and O–H groups in total. The van der Waals surface area contributed by atoms with Gasteiger partial charge in [0.1, 0.15) is 5.41 Å². The lowest BCUT2D eigenvalue weighted by Gasteiger charge is -2.47. The van der Waals surface area contributed by atoms with E-state index in [1.165, 1.54) is 6.26 Å². The average molecular weight is 213 g/mol. The molecule has 78 valence electrons. The molecule has 0 saturated heterocycles. The molecule has 0 aromatic rings. The molecule has 3 nitrogen and oxygen atoms in total. The number of hydrogen-bond donors (Lipinski definition) is 0. The van der Waals surface area contributed by atoms with Crippen LogP contribution in [0.3, 0.4) is 0 Å². The highest BCUT2D eigenvalue weighted by molar-refractivity contribution is 7.85. The van der Waals surface area contributed by atoms with E-state index >= 15 is 0 Å². The van der Waals surface area contributed by atoms with Crippen LogP contribution in [0.15, 0.2) is 0 Å². The number of ketones is 1. The van der Waals surface area contributed by atoms with E-state index < -0.39 is 16.2 Å². The average Bonchev–Trinajstić information content (AvgIpc) is 1.97. The number of rotatable bonds is 3. The summed E-state index contributed by atoms with van der Waals surface area (Å²) in [6.45, 7) is 4.08. The summed E-state index contributed by atoms with van der Waals surface area (Å²) in [6.07, 6.45) is 2.70. The van der Waals surface area contributed by atoms with E-state index in [0.717, 1.165) is 0 Å². The fourth-order valence-corrected chi connectivity index (χ4v) is 2.89. The van der Waals surface area contributed by atoms with Gasteiger partial charge in [-0.25, -0.2) is 0 Å². The maximum Gasteiger partial charge on any atom is 0.165 e. The SMILES string of the molecule is CS(=O)CC(=O)C1(C#N)CC(C)(C)C1. The summed E-state index contributed by atoms with van der Waals surface area (Å²) in [4.78, 5) is 11.7. The zero-order valence-electron chi connectivity index (χ0n) is 8.79. The fourth-order valence-electron chi connectivity index (χ4n) is 2.24. The molecule has 1 unspecified atom stereocenters. The lowest BCUT2D eigenvalue weighted by Crippen LogP contribution is -2.49. The first-order valence-electron chi connectivity index (χ1n) is 4.56. The summed E-state index contributed by atoms with van der Waals surface area (Å²) in [5, 5.41) is 8.98. The van der Waals surface area contributed by atoms with Gasteiger partial charge in [-0.1, -0.05) is 13.8 Å². The van der Waals surface area contributed by atoms with Crippen LogP contribution in [0.25, 0.3) is 0 Å². The summed E-state index contributed by atoms with van der Waals surface area (Å²) in [7, 11) is -1.14. The molecule has 1 aliphatic rings. The monoisotopic (exact) mass is 213 g/mol. The molecule has 1 aliphatic carbocycles. The van der Waals surface area contributed by atoms with E-state index in [1.54, 1.807) is 0 Å². The first-order chi connectivity index (χ1) is 6.31. The van der Waals surface area contributed by atoms with Crippen molar-refractivity contribution in [2.75, 3.05) is 12.0 Å². The lowest BCUT2D eigenvalue weighted by molar-refractivity contribution is -0.132. The van der Waals surface area contributed by atoms with Crippen LogP contribution in [0.5, 0.6) is 0 Å². The topological polar surface area (TPSA) is 57.9 Å². The lowest BCUT2D eigenvalue weighted by atomic mass is 9.53. The van der Waals surface area contributed by atoms with Crippen LogP contribution < -0.4 is 0 Å². The van der Waals surface area contributed by atoms with E-state index in [4.69, 9.17) is 5.26 Å². The Morgan fingerprint density at radius 3 is 2.29 bits per heavy atom. The number of Topliss-reactive ketones (excluding diaryl/α,β-unsaturated/α-hetero) is 1. The Hall–Kier alpha value is -0.690. The number of carbonyl (C=O) groups excluding carboxylic acids is 1. The summed E-state index contributed by atoms with van der Waals surface area (Å²) < 4.78 is 10.9. The maximum atomic E-state index is 11.7. The van der Waals surface area contributed by atoms with E-state index in [0.29, 0.717) is 12.8 Å². The van der Waals surface area contributed by atoms with E-state index in [-0.39, 0.29) is 17.0 Å². The van der Waals surface area contributed by atoms with Crippen LogP contribution in [0.4, 0.5) is 0 Å². The molecule has 0 aromatic carbocycles. The Labute approximate surface area is 86.9 Å². The molecule has 14 heavy (non-hydrogen) atoms. The Bertz CT molecular complexity index is 320. The van der Waals surface area contributed by atoms with Gasteiger partial charge in [0.15, 0.2) is 5.78 Å². The predicted molar refractivity (Wildman–Crippen MR) is 55.0 cm³/mol. The Balaban J connectivity index is 2.71. The van der Waals surface area contributed by atoms with Gasteiger partial charge in [-0.3, -0.25) is 9.00 Å². The Morgan fingerprint density at radius 1 is 1.50 bits per heavy atom. The summed E-state index contributed by atoms with van der Waals surface area (Å²) in [5.74, 6) is -0.135. The van der Waals surface area contributed by atoms with Gasteiger partial charge >= 0.3 is 0 Å². The number of carbonyl (C=O) groups is 1. The molecular weight excluding hydrogens is 198 g/mol. The summed E-state index contributed by atoms with van der Waals surface area (Å²) in [6, 6.07) is 2.09. The second-order valence-corrected chi connectivity index (χ2v) is 6.29. The number of hydrogen-bond acceptors (Lipinski definition) is 3. The summed E-state index contributed by atoms with van der Waals surface area (Å²) >= 11 is 0. The molecular formula is C10H15NO2S. The van der Waals surface area contributed by atoms with Crippen LogP contribution in [0, 0.1) is 22.2 Å². The molecule has 0 spiro atoms. The first kappa shape index (κ1) is 11.4. The van der Waals surface area contributed by atoms with Gasteiger partial charge in [0.25, 0.3) is 0 Å². The van der Waals surface area contributed by atoms with Crippen molar-refractivity contribution in [1.82, 2.24) is 0 Å². The molecule has 0 heterocycles. The van der Waals surface area contributed by atoms with Crippen LogP contribution >= 0.6 is 0 Å². The van der Waals surface area contributed by atoms with Crippen LogP contribution in [0.1, 0.15) is 26.7 Å². The normalized spacial score (nSPS) is 24.4. The third-order valence-corrected chi connectivity index (χ3v) is 3.31. The molecule has 0 amide bonds. The van der Waals surface area contributed by atoms with E-state index in [1.807, 2.05) is 13.8 Å². The summed E-state index contributed by atoms with van der Waals surface area (Å²) in [5.41, 5.74) is -0.754. The zero-order chi connectivity index (χ0) is 11.0. The van der Waals surface area contributed by atoms with Crippen LogP contribution in [-0.4, -0.2) is 22.0 Å². The largest absolute Gasteiger partial charge is 0.297 e. The zero-order valence-corrected chi connectivity index (χ0v) is 9.61. The van der Waals surface area contributed by atoms with Gasteiger partial charge in [0.2, 0.25) is 0 Å². The molecule has 1 atom stereocenters. The van der Waals surface area contributed by atoms with Gasteiger partial charge in [-0.2, -0.15) is 5.26 Å². The third-order valence-electron chi connectivity index (χ3n) is 2.64. The first-order valence-corrected chi connectivity index (χ1v) is 6.29. The van der Waals surface area contributed by atoms with Crippen molar-refractivity contribution in [3.8, 4) is 6.07 Å². The van der Waals surface area contributed by atoms with E-state index in [2.05, 4.69) is 6.07 Å². The Kier molecular flexibility index (Phi) is 2.82. The molecule has 0 radical (unpaired) electrons. The van der Waals surface area contributed by atoms with Gasteiger partial charge in [0, 0.05) is 17.1 Å². The highest BCUT2D eigenvalue weighted by Gasteiger charge is 2.54. The maximum absolute atomic E-state index is 11.7. The minimum absolute atomic E-state index is 0.0175. The van der Waals surface area contributed by atoms with Crippen molar-refractivity contribution >= 4 is 16.6 Å². The van der Waals surface area contributed by atoms with Gasteiger partial charge in [-0.05, 0) is 18.3 Å². The van der Waals surface area contributed by atoms with Crippen molar-refractivity contribution < 1.29 is 9.00 Å². The minimum atomic E-state index is -1.14. The molecule has 1 fully saturated rings. The molecule has 1 rings (SSSR count). The van der Waals surface area contributed by atoms with Crippen LogP contribution in [-0.2, 0) is 15.6 Å². The quantitative estimate of drug-likeness (QED) is 0.709. The van der Waals surface area contributed by atoms with Crippen molar-refractivity contribution in [3.05, 3.63) is 0 Å². The second-order valence-electron chi connectivity index (χ2n) is 4.85. The van der Waals surface area contributed by atoms with Gasteiger partial charge < -0.3 is 0 Å². The van der Waals surface area contributed by atoms with Crippen molar-refractivity contribution in [1.29, 1.82) is 5.26 Å². The van der Waals surface area contributed by atoms with Crippen molar-refractivity contribution in [3.63, 3.8) is 0 Å². The second kappa shape index (κ2) is 3.47. The molecule has 4 heteroatoms. The van der Waals surface area contributed by atoms with Gasteiger partial charge in [-0.15, -0.1) is 0 Å². The third kappa shape index (κ3) is 2.03. The smallest absolute Gasteiger partial charge is 0.165 e. The Morgan fingerprint density at radius 2 is 2.00 bits per heavy atom. The van der Waals surface area contributed by atoms with Gasteiger partial charge in [0.05, 0.1) is 11.8 Å². The molecule has 1 saturated carbocycles. The van der Waals surface area contributed by atoms with Crippen LogP contribution in [0.2, 0.25) is 0 Å². The minimum Gasteiger partial charge on any atom is -0.297 e. The number of nitrogens with zero attached hydrogens (tertiary/aromatic N) is 1. The highest BCUT2D eigenvalue weighted by Crippen LogP contribution is 2.54. The highest BCUT2D eigenvalue weighted by atomic mass is 32.2. The number of nitriles is 1. The van der Waals surface area contributed by atoms with Crippen molar-refractivity contribution in [2.24, 2.45) is 10.8 Å². The fraction of sp³-hybridized carbons (Fsp3) is 0.800. The van der Waals surface area contributed by atoms with E-state index in [9.17, 15) is 9.00 Å². The predicted octanol–water partition coefficient (Wildman–Crippen LogP) is 1.26.